The lowest BCUT2D eigenvalue weighted by molar-refractivity contribution is 0.0985. The van der Waals surface area contributed by atoms with E-state index in [2.05, 4.69) is 22.5 Å². The smallest absolute Gasteiger partial charge is 0.319 e. The quantitative estimate of drug-likeness (QED) is 0.446. The number of nitrogens with zero attached hydrogens (tertiary/aromatic N) is 3. The summed E-state index contributed by atoms with van der Waals surface area (Å²) in [5.41, 5.74) is 2.06. The van der Waals surface area contributed by atoms with Crippen LogP contribution in [0.4, 0.5) is 16.3 Å². The first kappa shape index (κ1) is 24.7. The van der Waals surface area contributed by atoms with Gasteiger partial charge in [0.1, 0.15) is 5.82 Å². The number of urea groups is 1. The number of anilines is 2. The number of hydrogen-bond donors (Lipinski definition) is 4. The standard InChI is InChI=1S/C24H35N5O4S/c1-5-25-23(30)26-18-8-6-17(7-9-18)22-27-20(24(3,4)34(31,32)19-10-11-19)14-21(28-22)29-12-13-33-15-16(29)2/h6-9,14,16,19,31-32H,5,10-13,15H2,1-4H3,(H2,25,26,30)/t16-/m0/s1. The van der Waals surface area contributed by atoms with Crippen LogP contribution in [0.1, 0.15) is 46.2 Å². The number of morpholine rings is 1. The Morgan fingerprint density at radius 1 is 1.24 bits per heavy atom. The zero-order valence-corrected chi connectivity index (χ0v) is 21.1. The highest BCUT2D eigenvalue weighted by Crippen LogP contribution is 2.67. The van der Waals surface area contributed by atoms with E-state index < -0.39 is 15.3 Å². The van der Waals surface area contributed by atoms with Crippen LogP contribution in [0, 0.1) is 0 Å². The van der Waals surface area contributed by atoms with Crippen molar-refractivity contribution >= 4 is 28.1 Å². The maximum atomic E-state index is 11.8. The van der Waals surface area contributed by atoms with Crippen molar-refractivity contribution < 1.29 is 18.6 Å². The summed E-state index contributed by atoms with van der Waals surface area (Å²) in [6, 6.07) is 9.11. The number of rotatable bonds is 7. The number of nitrogens with one attached hydrogen (secondary N) is 2. The van der Waals surface area contributed by atoms with E-state index in [1.807, 2.05) is 39.0 Å². The lowest BCUT2D eigenvalue weighted by Gasteiger charge is -2.47. The normalized spacial score (nSPS) is 19.6. The van der Waals surface area contributed by atoms with Crippen molar-refractivity contribution in [3.63, 3.8) is 0 Å². The van der Waals surface area contributed by atoms with E-state index in [0.29, 0.717) is 43.5 Å². The van der Waals surface area contributed by atoms with Crippen LogP contribution < -0.4 is 15.5 Å². The molecule has 1 aromatic heterocycles. The lowest BCUT2D eigenvalue weighted by Crippen LogP contribution is -2.44. The molecule has 2 fully saturated rings. The fraction of sp³-hybridized carbons (Fsp3) is 0.542. The highest BCUT2D eigenvalue weighted by Gasteiger charge is 2.48. The summed E-state index contributed by atoms with van der Waals surface area (Å²) in [6.45, 7) is 10.1. The molecule has 186 valence electrons. The van der Waals surface area contributed by atoms with Crippen LogP contribution in [-0.2, 0) is 9.48 Å². The minimum Gasteiger partial charge on any atom is -0.377 e. The zero-order valence-electron chi connectivity index (χ0n) is 20.2. The third kappa shape index (κ3) is 5.00. The Balaban J connectivity index is 1.72. The van der Waals surface area contributed by atoms with E-state index >= 15 is 0 Å². The molecule has 0 bridgehead atoms. The van der Waals surface area contributed by atoms with Crippen molar-refractivity contribution in [1.29, 1.82) is 0 Å². The van der Waals surface area contributed by atoms with Gasteiger partial charge in [-0.1, -0.05) is 0 Å². The molecule has 2 aliphatic rings. The fourth-order valence-corrected chi connectivity index (χ4v) is 6.13. The van der Waals surface area contributed by atoms with Crippen molar-refractivity contribution in [2.45, 2.75) is 56.6 Å². The second-order valence-corrected chi connectivity index (χ2v) is 12.3. The van der Waals surface area contributed by atoms with Gasteiger partial charge in [-0.25, -0.2) is 14.8 Å². The largest absolute Gasteiger partial charge is 0.377 e. The second-order valence-electron chi connectivity index (χ2n) is 9.42. The van der Waals surface area contributed by atoms with Gasteiger partial charge in [-0.2, -0.15) is 10.6 Å². The number of hydrogen-bond acceptors (Lipinski definition) is 7. The van der Waals surface area contributed by atoms with E-state index in [-0.39, 0.29) is 17.3 Å². The minimum absolute atomic E-state index is 0.0775. The molecule has 2 heterocycles. The molecule has 2 amide bonds. The number of benzene rings is 1. The highest BCUT2D eigenvalue weighted by molar-refractivity contribution is 8.25. The number of carbonyl (C=O) groups is 1. The molecular formula is C24H35N5O4S. The van der Waals surface area contributed by atoms with Gasteiger partial charge in [0.05, 0.1) is 29.7 Å². The Hall–Kier alpha value is -2.40. The van der Waals surface area contributed by atoms with Crippen LogP contribution in [0.5, 0.6) is 0 Å². The number of amides is 2. The van der Waals surface area contributed by atoms with Crippen molar-refractivity contribution in [1.82, 2.24) is 15.3 Å². The third-order valence-electron chi connectivity index (χ3n) is 6.47. The topological polar surface area (TPSA) is 120 Å². The predicted molar refractivity (Wildman–Crippen MR) is 137 cm³/mol. The van der Waals surface area contributed by atoms with Crippen molar-refractivity contribution in [3.05, 3.63) is 36.0 Å². The number of ether oxygens (including phenoxy) is 1. The van der Waals surface area contributed by atoms with Gasteiger partial charge < -0.3 is 20.3 Å². The van der Waals surface area contributed by atoms with E-state index in [4.69, 9.17) is 14.7 Å². The fourth-order valence-electron chi connectivity index (χ4n) is 4.09. The third-order valence-corrected chi connectivity index (χ3v) is 9.58. The van der Waals surface area contributed by atoms with Crippen LogP contribution in [0.3, 0.4) is 0 Å². The summed E-state index contributed by atoms with van der Waals surface area (Å²) in [5, 5.41) is 5.42. The number of carbonyl (C=O) groups excluding carboxylic acids is 1. The highest BCUT2D eigenvalue weighted by atomic mass is 32.3. The lowest BCUT2D eigenvalue weighted by atomic mass is 10.1. The Morgan fingerprint density at radius 2 is 1.94 bits per heavy atom. The Bertz CT molecular complexity index is 1030. The maximum Gasteiger partial charge on any atom is 0.319 e. The molecule has 9 nitrogen and oxygen atoms in total. The van der Waals surface area contributed by atoms with Gasteiger partial charge in [0.25, 0.3) is 0 Å². The molecule has 2 aromatic rings. The van der Waals surface area contributed by atoms with Crippen LogP contribution in [0.15, 0.2) is 30.3 Å². The molecule has 1 aliphatic carbocycles. The molecule has 1 saturated carbocycles. The Kier molecular flexibility index (Phi) is 7.04. The van der Waals surface area contributed by atoms with Gasteiger partial charge in [0.2, 0.25) is 0 Å². The molecule has 4 rings (SSSR count). The monoisotopic (exact) mass is 489 g/mol. The molecule has 0 spiro atoms. The molecule has 1 aliphatic heterocycles. The number of aromatic nitrogens is 2. The van der Waals surface area contributed by atoms with Gasteiger partial charge in [-0.15, -0.1) is 0 Å². The van der Waals surface area contributed by atoms with E-state index in [1.165, 1.54) is 0 Å². The molecule has 10 heteroatoms. The summed E-state index contributed by atoms with van der Waals surface area (Å²) >= 11 is 0. The van der Waals surface area contributed by atoms with Crippen LogP contribution in [0.2, 0.25) is 0 Å². The Labute approximate surface area is 202 Å². The first-order valence-corrected chi connectivity index (χ1v) is 13.4. The minimum atomic E-state index is -2.89. The van der Waals surface area contributed by atoms with Crippen molar-refractivity contribution in [3.8, 4) is 11.4 Å². The van der Waals surface area contributed by atoms with Crippen LogP contribution in [0.25, 0.3) is 11.4 Å². The molecule has 0 radical (unpaired) electrons. The molecule has 0 unspecified atom stereocenters. The maximum absolute atomic E-state index is 11.8. The average Bonchev–Trinajstić information content (AvgIpc) is 3.66. The van der Waals surface area contributed by atoms with Crippen molar-refractivity contribution in [2.24, 2.45) is 0 Å². The van der Waals surface area contributed by atoms with Gasteiger partial charge in [0, 0.05) is 35.7 Å². The van der Waals surface area contributed by atoms with Gasteiger partial charge in [-0.05, 0) is 64.8 Å². The summed E-state index contributed by atoms with van der Waals surface area (Å²) < 4.78 is 26.9. The van der Waals surface area contributed by atoms with Crippen LogP contribution >= 0.6 is 10.6 Å². The average molecular weight is 490 g/mol. The molecule has 4 N–H and O–H groups in total. The first-order valence-electron chi connectivity index (χ1n) is 11.8. The summed E-state index contributed by atoms with van der Waals surface area (Å²) in [7, 11) is -2.89. The molecular weight excluding hydrogens is 454 g/mol. The summed E-state index contributed by atoms with van der Waals surface area (Å²) in [4.78, 5) is 23.7. The van der Waals surface area contributed by atoms with E-state index in [9.17, 15) is 13.9 Å². The Morgan fingerprint density at radius 3 is 2.56 bits per heavy atom. The summed E-state index contributed by atoms with van der Waals surface area (Å²) in [5.74, 6) is 1.26. The molecule has 1 atom stereocenters. The second kappa shape index (κ2) is 9.69. The van der Waals surface area contributed by atoms with Crippen LogP contribution in [-0.4, -0.2) is 62.7 Å². The molecule has 34 heavy (non-hydrogen) atoms. The zero-order chi connectivity index (χ0) is 24.5. The van der Waals surface area contributed by atoms with Gasteiger partial charge >= 0.3 is 6.03 Å². The first-order chi connectivity index (χ1) is 16.1. The molecule has 1 aromatic carbocycles. The molecule has 1 saturated heterocycles. The van der Waals surface area contributed by atoms with E-state index in [0.717, 1.165) is 24.2 Å². The summed E-state index contributed by atoms with van der Waals surface area (Å²) in [6.07, 6.45) is 1.66. The van der Waals surface area contributed by atoms with Crippen molar-refractivity contribution in [2.75, 3.05) is 36.5 Å². The van der Waals surface area contributed by atoms with Gasteiger partial charge in [0.15, 0.2) is 5.82 Å². The SMILES string of the molecule is CCNC(=O)Nc1ccc(-c2nc(N3CCOC[C@@H]3C)cc(C(C)(C)S(O)(O)C3CC3)n2)cc1. The van der Waals surface area contributed by atoms with Gasteiger partial charge in [-0.3, -0.25) is 9.11 Å². The predicted octanol–water partition coefficient (Wildman–Crippen LogP) is 4.66. The van der Waals surface area contributed by atoms with E-state index in [1.54, 1.807) is 12.1 Å².